The van der Waals surface area contributed by atoms with Crippen molar-refractivity contribution in [2.75, 3.05) is 6.26 Å². The van der Waals surface area contributed by atoms with Crippen LogP contribution in [0.25, 0.3) is 11.1 Å². The van der Waals surface area contributed by atoms with Crippen molar-refractivity contribution in [3.05, 3.63) is 88.7 Å². The Kier molecular flexibility index (Phi) is 7.68. The standard InChI is InChI=1S/C27H28ClFN2O4S/c1-36(33,34)31-20-12-13-27(16-20,26(30)32)15-19-10-11-24(29)22(14-19)21-8-5-9-23(28)25(21)35-17-18-6-3-2-4-7-18/h2-11,14,20,31H,12-13,15-17H2,1H3,(H2,30,32)/t20-,27+/m0/s1. The average molecular weight is 531 g/mol. The van der Waals surface area contributed by atoms with Crippen LogP contribution in [-0.2, 0) is 27.8 Å². The SMILES string of the molecule is CS(=O)(=O)N[C@H]1CC[C@](Cc2ccc(F)c(-c3cccc(Cl)c3OCc3ccccc3)c2)(C(N)=O)C1. The zero-order valence-corrected chi connectivity index (χ0v) is 21.4. The maximum Gasteiger partial charge on any atom is 0.224 e. The van der Waals surface area contributed by atoms with Gasteiger partial charge >= 0.3 is 0 Å². The van der Waals surface area contributed by atoms with E-state index in [0.717, 1.165) is 11.8 Å². The second-order valence-electron chi connectivity index (χ2n) is 9.36. The van der Waals surface area contributed by atoms with Crippen molar-refractivity contribution in [1.29, 1.82) is 0 Å². The molecule has 1 aliphatic rings. The average Bonchev–Trinajstić information content (AvgIpc) is 3.22. The number of halogens is 2. The molecule has 2 atom stereocenters. The number of hydrogen-bond acceptors (Lipinski definition) is 4. The van der Waals surface area contributed by atoms with Crippen LogP contribution in [0.15, 0.2) is 66.7 Å². The van der Waals surface area contributed by atoms with E-state index in [2.05, 4.69) is 4.72 Å². The molecule has 1 fully saturated rings. The minimum Gasteiger partial charge on any atom is -0.487 e. The molecule has 3 aromatic carbocycles. The van der Waals surface area contributed by atoms with Crippen LogP contribution in [0, 0.1) is 11.2 Å². The fourth-order valence-electron chi connectivity index (χ4n) is 4.88. The van der Waals surface area contributed by atoms with Crippen molar-refractivity contribution in [1.82, 2.24) is 4.72 Å². The maximum absolute atomic E-state index is 15.1. The van der Waals surface area contributed by atoms with E-state index in [4.69, 9.17) is 22.1 Å². The molecule has 4 rings (SSSR count). The summed E-state index contributed by atoms with van der Waals surface area (Å²) in [6, 6.07) is 19.0. The lowest BCUT2D eigenvalue weighted by molar-refractivity contribution is -0.127. The first-order chi connectivity index (χ1) is 17.1. The van der Waals surface area contributed by atoms with Crippen LogP contribution in [0.5, 0.6) is 5.75 Å². The van der Waals surface area contributed by atoms with Gasteiger partial charge in [-0.1, -0.05) is 60.1 Å². The van der Waals surface area contributed by atoms with E-state index in [1.807, 2.05) is 30.3 Å². The van der Waals surface area contributed by atoms with Crippen molar-refractivity contribution in [2.45, 2.75) is 38.3 Å². The van der Waals surface area contributed by atoms with Gasteiger partial charge in [0.2, 0.25) is 15.9 Å². The van der Waals surface area contributed by atoms with Crippen molar-refractivity contribution < 1.29 is 22.3 Å². The Balaban J connectivity index is 1.63. The van der Waals surface area contributed by atoms with E-state index in [1.54, 1.807) is 30.3 Å². The van der Waals surface area contributed by atoms with Crippen LogP contribution in [0.2, 0.25) is 5.02 Å². The molecule has 0 radical (unpaired) electrons. The zero-order valence-electron chi connectivity index (χ0n) is 19.8. The molecule has 190 valence electrons. The van der Waals surface area contributed by atoms with E-state index in [0.29, 0.717) is 40.3 Å². The summed E-state index contributed by atoms with van der Waals surface area (Å²) in [6.07, 6.45) is 2.57. The van der Waals surface area contributed by atoms with Gasteiger partial charge in [0.05, 0.1) is 16.7 Å². The monoisotopic (exact) mass is 530 g/mol. The predicted octanol–water partition coefficient (Wildman–Crippen LogP) is 4.84. The third-order valence-corrected chi connectivity index (χ3v) is 7.63. The minimum atomic E-state index is -3.42. The summed E-state index contributed by atoms with van der Waals surface area (Å²) in [4.78, 5) is 12.5. The van der Waals surface area contributed by atoms with E-state index in [1.165, 1.54) is 6.07 Å². The second kappa shape index (κ2) is 10.6. The molecule has 0 aromatic heterocycles. The summed E-state index contributed by atoms with van der Waals surface area (Å²) < 4.78 is 47.0. The number of ether oxygens (including phenoxy) is 1. The van der Waals surface area contributed by atoms with Crippen molar-refractivity contribution in [3.8, 4) is 16.9 Å². The summed E-state index contributed by atoms with van der Waals surface area (Å²) in [5.41, 5.74) is 7.30. The van der Waals surface area contributed by atoms with Crippen LogP contribution in [0.4, 0.5) is 4.39 Å². The molecule has 3 aromatic rings. The lowest BCUT2D eigenvalue weighted by Gasteiger charge is -2.26. The first-order valence-electron chi connectivity index (χ1n) is 11.6. The molecule has 0 unspecified atom stereocenters. The zero-order chi connectivity index (χ0) is 25.9. The Labute approximate surface area is 215 Å². The topological polar surface area (TPSA) is 98.5 Å². The number of primary amides is 1. The highest BCUT2D eigenvalue weighted by Gasteiger charge is 2.44. The third-order valence-electron chi connectivity index (χ3n) is 6.57. The number of para-hydroxylation sites is 1. The van der Waals surface area contributed by atoms with E-state index >= 15 is 4.39 Å². The molecule has 3 N–H and O–H groups in total. The van der Waals surface area contributed by atoms with Gasteiger partial charge in [0.1, 0.15) is 18.2 Å². The number of hydrogen-bond donors (Lipinski definition) is 2. The van der Waals surface area contributed by atoms with Crippen LogP contribution < -0.4 is 15.2 Å². The van der Waals surface area contributed by atoms with E-state index in [9.17, 15) is 13.2 Å². The molecule has 0 heterocycles. The normalized spacial score (nSPS) is 19.8. The largest absolute Gasteiger partial charge is 0.487 e. The van der Waals surface area contributed by atoms with Crippen LogP contribution >= 0.6 is 11.6 Å². The lowest BCUT2D eigenvalue weighted by atomic mass is 9.78. The van der Waals surface area contributed by atoms with Gasteiger partial charge in [-0.05, 0) is 55.0 Å². The van der Waals surface area contributed by atoms with Crippen molar-refractivity contribution in [3.63, 3.8) is 0 Å². The molecule has 0 bridgehead atoms. The van der Waals surface area contributed by atoms with Gasteiger partial charge in [-0.15, -0.1) is 0 Å². The molecule has 1 amide bonds. The number of sulfonamides is 1. The number of nitrogens with two attached hydrogens (primary N) is 1. The predicted molar refractivity (Wildman–Crippen MR) is 139 cm³/mol. The Bertz CT molecular complexity index is 1370. The number of amides is 1. The molecule has 1 saturated carbocycles. The molecule has 0 spiro atoms. The Hall–Kier alpha value is -2.94. The summed E-state index contributed by atoms with van der Waals surface area (Å²) in [5.74, 6) is -0.593. The summed E-state index contributed by atoms with van der Waals surface area (Å²) in [6.45, 7) is 0.262. The van der Waals surface area contributed by atoms with Gasteiger partial charge in [-0.3, -0.25) is 4.79 Å². The number of carbonyl (C=O) groups is 1. The lowest BCUT2D eigenvalue weighted by Crippen LogP contribution is -2.40. The van der Waals surface area contributed by atoms with Gasteiger partial charge in [0, 0.05) is 17.2 Å². The first-order valence-corrected chi connectivity index (χ1v) is 13.8. The molecule has 0 aliphatic heterocycles. The highest BCUT2D eigenvalue weighted by atomic mass is 35.5. The minimum absolute atomic E-state index is 0.262. The Morgan fingerprint density at radius 2 is 1.86 bits per heavy atom. The third kappa shape index (κ3) is 6.06. The van der Waals surface area contributed by atoms with Crippen LogP contribution in [0.1, 0.15) is 30.4 Å². The summed E-state index contributed by atoms with van der Waals surface area (Å²) >= 11 is 6.44. The van der Waals surface area contributed by atoms with Gasteiger partial charge in [-0.2, -0.15) is 0 Å². The number of benzene rings is 3. The van der Waals surface area contributed by atoms with Crippen LogP contribution in [0.3, 0.4) is 0 Å². The van der Waals surface area contributed by atoms with Gasteiger partial charge in [0.25, 0.3) is 0 Å². The molecule has 9 heteroatoms. The number of rotatable bonds is 9. The highest BCUT2D eigenvalue weighted by molar-refractivity contribution is 7.88. The Morgan fingerprint density at radius 3 is 2.56 bits per heavy atom. The summed E-state index contributed by atoms with van der Waals surface area (Å²) in [7, 11) is -3.42. The Morgan fingerprint density at radius 1 is 1.11 bits per heavy atom. The van der Waals surface area contributed by atoms with E-state index in [-0.39, 0.29) is 25.5 Å². The van der Waals surface area contributed by atoms with Gasteiger partial charge < -0.3 is 10.5 Å². The fraction of sp³-hybridized carbons (Fsp3) is 0.296. The van der Waals surface area contributed by atoms with Gasteiger partial charge in [-0.25, -0.2) is 17.5 Å². The quantitative estimate of drug-likeness (QED) is 0.413. The molecule has 1 aliphatic carbocycles. The molecular weight excluding hydrogens is 503 g/mol. The van der Waals surface area contributed by atoms with E-state index < -0.39 is 27.2 Å². The number of nitrogens with one attached hydrogen (secondary N) is 1. The smallest absolute Gasteiger partial charge is 0.224 e. The second-order valence-corrected chi connectivity index (χ2v) is 11.5. The number of carbonyl (C=O) groups excluding carboxylic acids is 1. The molecule has 0 saturated heterocycles. The molecular formula is C27H28ClFN2O4S. The van der Waals surface area contributed by atoms with Crippen molar-refractivity contribution in [2.24, 2.45) is 11.1 Å². The van der Waals surface area contributed by atoms with Crippen LogP contribution in [-0.4, -0.2) is 26.6 Å². The first kappa shape index (κ1) is 26.1. The molecule has 36 heavy (non-hydrogen) atoms. The van der Waals surface area contributed by atoms with Crippen molar-refractivity contribution >= 4 is 27.5 Å². The van der Waals surface area contributed by atoms with Gasteiger partial charge in [0.15, 0.2) is 0 Å². The highest BCUT2D eigenvalue weighted by Crippen LogP contribution is 2.43. The fourth-order valence-corrected chi connectivity index (χ4v) is 5.91. The molecule has 6 nitrogen and oxygen atoms in total. The maximum atomic E-state index is 15.1. The summed E-state index contributed by atoms with van der Waals surface area (Å²) in [5, 5.41) is 0.354.